The van der Waals surface area contributed by atoms with E-state index in [0.717, 1.165) is 16.9 Å². The van der Waals surface area contributed by atoms with Gasteiger partial charge in [-0.15, -0.1) is 0 Å². The molecule has 14 nitrogen and oxygen atoms in total. The molecule has 2 saturated heterocycles. The van der Waals surface area contributed by atoms with E-state index in [4.69, 9.17) is 4.74 Å². The highest BCUT2D eigenvalue weighted by Crippen LogP contribution is 2.35. The number of hydrogen-bond donors (Lipinski definition) is 5. The van der Waals surface area contributed by atoms with Crippen molar-refractivity contribution in [1.29, 1.82) is 5.26 Å². The molecule has 15 heteroatoms. The van der Waals surface area contributed by atoms with Gasteiger partial charge in [-0.25, -0.2) is 19.6 Å². The molecule has 4 rings (SSSR count). The van der Waals surface area contributed by atoms with Gasteiger partial charge in [0.2, 0.25) is 0 Å². The minimum absolute atomic E-state index is 0.125. The number of hydrogen-bond acceptors (Lipinski definition) is 12. The van der Waals surface area contributed by atoms with Crippen LogP contribution in [0.25, 0.3) is 0 Å². The molecule has 2 fully saturated rings. The van der Waals surface area contributed by atoms with Gasteiger partial charge in [0.05, 0.1) is 6.20 Å². The number of aliphatic carboxylic acids is 1. The Morgan fingerprint density at radius 2 is 1.95 bits per heavy atom. The number of piperazine rings is 1. The van der Waals surface area contributed by atoms with Crippen molar-refractivity contribution in [3.8, 4) is 6.07 Å². The number of rotatable bonds is 6. The van der Waals surface area contributed by atoms with Gasteiger partial charge >= 0.3 is 12.0 Å². The van der Waals surface area contributed by atoms with Gasteiger partial charge in [0.1, 0.15) is 35.1 Å². The summed E-state index contributed by atoms with van der Waals surface area (Å²) in [6, 6.07) is 5.36. The van der Waals surface area contributed by atoms with Crippen LogP contribution in [0.5, 0.6) is 0 Å². The molecule has 0 bridgehead atoms. The van der Waals surface area contributed by atoms with Crippen molar-refractivity contribution in [2.24, 2.45) is 0 Å². The first-order chi connectivity index (χ1) is 17.7. The third-order valence-electron chi connectivity index (χ3n) is 6.23. The summed E-state index contributed by atoms with van der Waals surface area (Å²) in [6.07, 6.45) is -5.84. The minimum atomic E-state index is -1.86. The van der Waals surface area contributed by atoms with E-state index >= 15 is 0 Å². The molecule has 2 aliphatic heterocycles. The Labute approximate surface area is 216 Å². The van der Waals surface area contributed by atoms with Gasteiger partial charge in [-0.2, -0.15) is 5.26 Å². The number of carboxylic acid groups (broad SMARTS) is 1. The monoisotopic (exact) mass is 535 g/mol. The second-order valence-electron chi connectivity index (χ2n) is 8.59. The lowest BCUT2D eigenvalue weighted by molar-refractivity contribution is -0.225. The number of pyridine rings is 1. The molecule has 5 N–H and O–H groups in total. The summed E-state index contributed by atoms with van der Waals surface area (Å²) in [5, 5.41) is 52.8. The van der Waals surface area contributed by atoms with Gasteiger partial charge in [0, 0.05) is 46.0 Å². The first-order valence-electron chi connectivity index (χ1n) is 11.4. The standard InChI is InChI=1S/C22H27N7O7S/c1-24-21(35)28-6-4-27(5-7-28)11-12-2-3-25-14(8-12)29(22-26-10-13(9-23)37-22)19-17(32)15(30)16(31)18(36-19)20(33)34/h2-3,8,10,15-19,30-32H,4-7,11H2,1H3,(H,24,35)(H,33,34)/t15-,16-,17+,18-,19?/m0/s1/i9+2. The van der Waals surface area contributed by atoms with E-state index in [2.05, 4.69) is 20.2 Å². The van der Waals surface area contributed by atoms with Gasteiger partial charge in [0.15, 0.2) is 17.5 Å². The molecule has 0 aliphatic carbocycles. The van der Waals surface area contributed by atoms with Crippen molar-refractivity contribution in [1.82, 2.24) is 25.1 Å². The highest BCUT2D eigenvalue weighted by atomic mass is 32.1. The molecule has 0 spiro atoms. The average Bonchev–Trinajstić information content (AvgIpc) is 3.37. The van der Waals surface area contributed by atoms with Crippen molar-refractivity contribution in [2.45, 2.75) is 37.2 Å². The van der Waals surface area contributed by atoms with E-state index < -0.39 is 36.6 Å². The average molecular weight is 536 g/mol. The topological polar surface area (TPSA) is 196 Å². The molecule has 2 aromatic heterocycles. The van der Waals surface area contributed by atoms with E-state index in [-0.39, 0.29) is 21.9 Å². The number of nitrogens with zero attached hydrogens (tertiary/aromatic N) is 6. The van der Waals surface area contributed by atoms with Gasteiger partial charge in [-0.05, 0) is 17.7 Å². The Morgan fingerprint density at radius 1 is 1.22 bits per heavy atom. The van der Waals surface area contributed by atoms with Crippen LogP contribution in [0.1, 0.15) is 10.4 Å². The Bertz CT molecular complexity index is 1170. The van der Waals surface area contributed by atoms with Crippen molar-refractivity contribution >= 4 is 34.3 Å². The van der Waals surface area contributed by atoms with E-state index in [9.17, 15) is 35.3 Å². The number of ether oxygens (including phenoxy) is 1. The third kappa shape index (κ3) is 5.64. The summed E-state index contributed by atoms with van der Waals surface area (Å²) in [5.41, 5.74) is 0.834. The molecule has 0 aromatic carbocycles. The highest BCUT2D eigenvalue weighted by molar-refractivity contribution is 7.16. The van der Waals surface area contributed by atoms with Gasteiger partial charge < -0.3 is 35.4 Å². The van der Waals surface area contributed by atoms with Gasteiger partial charge in [-0.3, -0.25) is 9.80 Å². The molecule has 2 aliphatic rings. The molecule has 0 radical (unpaired) electrons. The molecule has 5 atom stereocenters. The number of nitrogens with one attached hydrogen (secondary N) is 1. The van der Waals surface area contributed by atoms with Crippen LogP contribution in [-0.4, -0.2) is 116 Å². The van der Waals surface area contributed by atoms with Crippen molar-refractivity contribution < 1.29 is 34.8 Å². The lowest BCUT2D eigenvalue weighted by atomic mass is 9.97. The predicted molar refractivity (Wildman–Crippen MR) is 129 cm³/mol. The summed E-state index contributed by atoms with van der Waals surface area (Å²) in [5.74, 6) is -1.28. The first-order valence-corrected chi connectivity index (χ1v) is 12.3. The van der Waals surface area contributed by atoms with E-state index in [0.29, 0.717) is 32.7 Å². The molecular weight excluding hydrogens is 508 g/mol. The van der Waals surface area contributed by atoms with Gasteiger partial charge in [0.25, 0.3) is 0 Å². The van der Waals surface area contributed by atoms with E-state index in [1.54, 1.807) is 24.1 Å². The lowest BCUT2D eigenvalue weighted by Gasteiger charge is -2.43. The third-order valence-corrected chi connectivity index (χ3v) is 7.13. The maximum absolute atomic E-state index is 11.9. The maximum atomic E-state index is 11.9. The summed E-state index contributed by atoms with van der Waals surface area (Å²) in [6.45, 7) is 2.97. The molecule has 4 heterocycles. The van der Waals surface area contributed by atoms with Crippen molar-refractivity contribution in [2.75, 3.05) is 38.1 Å². The predicted octanol–water partition coefficient (Wildman–Crippen LogP) is -1.10. The second-order valence-corrected chi connectivity index (χ2v) is 9.60. The Balaban J connectivity index is 1.62. The number of carbonyl (C=O) groups excluding carboxylic acids is 1. The number of aromatic nitrogens is 2. The summed E-state index contributed by atoms with van der Waals surface area (Å²) < 4.78 is 5.55. The summed E-state index contributed by atoms with van der Waals surface area (Å²) in [4.78, 5) is 37.5. The number of carbonyl (C=O) groups is 2. The summed E-state index contributed by atoms with van der Waals surface area (Å²) >= 11 is 0.967. The molecular formula is C22H27N7O7S. The lowest BCUT2D eigenvalue weighted by Crippen LogP contribution is -2.63. The Morgan fingerprint density at radius 3 is 2.57 bits per heavy atom. The minimum Gasteiger partial charge on any atom is -0.479 e. The number of carboxylic acids is 1. The van der Waals surface area contributed by atoms with Crippen LogP contribution in [0.2, 0.25) is 0 Å². The molecule has 2 amide bonds. The fourth-order valence-corrected chi connectivity index (χ4v) is 5.01. The van der Waals surface area contributed by atoms with Gasteiger partial charge in [-0.1, -0.05) is 11.3 Å². The fraction of sp³-hybridized carbons (Fsp3) is 0.500. The quantitative estimate of drug-likeness (QED) is 0.300. The van der Waals surface area contributed by atoms with Crippen LogP contribution in [0, 0.1) is 11.3 Å². The van der Waals surface area contributed by atoms with Crippen LogP contribution in [0.15, 0.2) is 24.5 Å². The Hall–Kier alpha value is -3.39. The van der Waals surface area contributed by atoms with E-state index in [1.807, 2.05) is 6.07 Å². The number of urea groups is 1. The molecule has 1 unspecified atom stereocenters. The second kappa shape index (κ2) is 11.3. The van der Waals surface area contributed by atoms with Crippen LogP contribution in [0.4, 0.5) is 15.7 Å². The number of amides is 2. The maximum Gasteiger partial charge on any atom is 0.335 e. The number of aliphatic hydroxyl groups is 3. The highest BCUT2D eigenvalue weighted by Gasteiger charge is 2.50. The zero-order valence-electron chi connectivity index (χ0n) is 19.8. The largest absolute Gasteiger partial charge is 0.479 e. The normalized spacial score (nSPS) is 26.4. The number of anilines is 2. The first kappa shape index (κ1) is 26.7. The molecule has 0 saturated carbocycles. The number of aliphatic hydroxyl groups excluding tert-OH is 3. The molecule has 2 aromatic rings. The van der Waals surface area contributed by atoms with Crippen molar-refractivity contribution in [3.05, 3.63) is 35.0 Å². The van der Waals surface area contributed by atoms with Crippen LogP contribution in [0.3, 0.4) is 0 Å². The van der Waals surface area contributed by atoms with Crippen molar-refractivity contribution in [3.63, 3.8) is 0 Å². The van der Waals surface area contributed by atoms with E-state index in [1.165, 1.54) is 17.3 Å². The fourth-order valence-electron chi connectivity index (χ4n) is 4.26. The zero-order valence-corrected chi connectivity index (χ0v) is 20.7. The smallest absolute Gasteiger partial charge is 0.335 e. The number of thiazole rings is 1. The molecule has 37 heavy (non-hydrogen) atoms. The Kier molecular flexibility index (Phi) is 8.17. The van der Waals surface area contributed by atoms with Crippen LogP contribution in [-0.2, 0) is 16.1 Å². The zero-order chi connectivity index (χ0) is 26.7. The SMILES string of the molecule is CNC(=O)N1CCN(Cc2ccnc(N(c3ncc([14C]#N)s3)C3O[C@H](C(=O)O)[C@@H](O)[C@H](O)[C@H]3O)c2)CC1. The summed E-state index contributed by atoms with van der Waals surface area (Å²) in [7, 11) is 1.59. The number of nitriles is 1. The van der Waals surface area contributed by atoms with Crippen LogP contribution < -0.4 is 10.2 Å². The van der Waals surface area contributed by atoms with Crippen LogP contribution >= 0.6 is 11.3 Å². The molecule has 198 valence electrons.